The van der Waals surface area contributed by atoms with E-state index in [9.17, 15) is 0 Å². The minimum absolute atomic E-state index is 0.807. The Morgan fingerprint density at radius 2 is 1.34 bits per heavy atom. The summed E-state index contributed by atoms with van der Waals surface area (Å²) in [4.78, 5) is 9.32. The molecule has 2 aromatic rings. The number of rotatable bonds is 14. The Balaban J connectivity index is 1.38. The van der Waals surface area contributed by atoms with Gasteiger partial charge in [-0.2, -0.15) is 0 Å². The summed E-state index contributed by atoms with van der Waals surface area (Å²) in [6.45, 7) is 5.36. The van der Waals surface area contributed by atoms with Crippen molar-refractivity contribution in [2.24, 2.45) is 11.8 Å². The van der Waals surface area contributed by atoms with Gasteiger partial charge in [0, 0.05) is 24.4 Å². The van der Waals surface area contributed by atoms with Crippen molar-refractivity contribution in [2.75, 3.05) is 6.61 Å². The topological polar surface area (TPSA) is 35.0 Å². The van der Waals surface area contributed by atoms with Crippen LogP contribution in [0.5, 0.6) is 5.75 Å². The Kier molecular flexibility index (Phi) is 11.0. The smallest absolute Gasteiger partial charge is 0.128 e. The van der Waals surface area contributed by atoms with Crippen LogP contribution in [0.3, 0.4) is 0 Å². The summed E-state index contributed by atoms with van der Waals surface area (Å²) in [5, 5.41) is 0. The first-order valence-electron chi connectivity index (χ1n) is 13.3. The van der Waals surface area contributed by atoms with Gasteiger partial charge in [0.05, 0.1) is 6.61 Å². The normalized spacial score (nSPS) is 18.6. The van der Waals surface area contributed by atoms with Crippen LogP contribution in [-0.2, 0) is 6.42 Å². The van der Waals surface area contributed by atoms with Gasteiger partial charge >= 0.3 is 0 Å². The summed E-state index contributed by atoms with van der Waals surface area (Å²) in [7, 11) is 0. The Labute approximate surface area is 196 Å². The van der Waals surface area contributed by atoms with E-state index in [1.165, 1.54) is 77.0 Å². The zero-order valence-corrected chi connectivity index (χ0v) is 20.5. The maximum Gasteiger partial charge on any atom is 0.128 e. The van der Waals surface area contributed by atoms with Gasteiger partial charge in [0.1, 0.15) is 11.6 Å². The summed E-state index contributed by atoms with van der Waals surface area (Å²) in [6.07, 6.45) is 22.4. The van der Waals surface area contributed by atoms with Crippen molar-refractivity contribution in [1.29, 1.82) is 0 Å². The van der Waals surface area contributed by atoms with Gasteiger partial charge in [-0.05, 0) is 42.4 Å². The highest BCUT2D eigenvalue weighted by Crippen LogP contribution is 2.34. The van der Waals surface area contributed by atoms with Crippen LogP contribution in [0.4, 0.5) is 0 Å². The zero-order chi connectivity index (χ0) is 22.4. The molecule has 0 bridgehead atoms. The molecule has 0 N–H and O–H groups in total. The van der Waals surface area contributed by atoms with Crippen LogP contribution in [0.1, 0.15) is 103 Å². The molecule has 0 spiro atoms. The summed E-state index contributed by atoms with van der Waals surface area (Å²) < 4.78 is 5.88. The van der Waals surface area contributed by atoms with Gasteiger partial charge in [-0.25, -0.2) is 9.97 Å². The number of aromatic nitrogens is 2. The predicted molar refractivity (Wildman–Crippen MR) is 135 cm³/mol. The molecular weight excluding hydrogens is 392 g/mol. The zero-order valence-electron chi connectivity index (χ0n) is 20.5. The van der Waals surface area contributed by atoms with E-state index in [-0.39, 0.29) is 0 Å². The molecular formula is C29H44N2O. The van der Waals surface area contributed by atoms with Gasteiger partial charge in [-0.3, -0.25) is 0 Å². The van der Waals surface area contributed by atoms with Crippen molar-refractivity contribution >= 4 is 0 Å². The standard InChI is InChI=1S/C29H44N2O/c1-3-5-7-8-9-21-32-28-18-16-26(17-19-28)27-22-30-29(31-23-27)20-15-25-13-11-24(12-14-25)10-6-4-2/h16-19,22-25H,3-15,20-21H2,1-2H3/t24-,25-. The molecule has 0 amide bonds. The number of nitrogens with zero attached hydrogens (tertiary/aromatic N) is 2. The molecule has 0 atom stereocenters. The highest BCUT2D eigenvalue weighted by Gasteiger charge is 2.20. The third kappa shape index (κ3) is 8.56. The SMILES string of the molecule is CCCCCCCOc1ccc(-c2cnc(CC[C@H]3CC[C@H](CCCC)CC3)nc2)cc1. The van der Waals surface area contributed by atoms with Crippen LogP contribution < -0.4 is 4.74 Å². The molecule has 0 saturated heterocycles. The molecule has 1 aromatic heterocycles. The average Bonchev–Trinajstić information content (AvgIpc) is 2.85. The fourth-order valence-electron chi connectivity index (χ4n) is 4.91. The van der Waals surface area contributed by atoms with E-state index in [1.807, 2.05) is 12.4 Å². The van der Waals surface area contributed by atoms with Crippen LogP contribution in [0, 0.1) is 11.8 Å². The average molecular weight is 437 g/mol. The van der Waals surface area contributed by atoms with Crippen LogP contribution in [0.2, 0.25) is 0 Å². The maximum absolute atomic E-state index is 5.88. The lowest BCUT2D eigenvalue weighted by atomic mass is 9.78. The van der Waals surface area contributed by atoms with E-state index in [2.05, 4.69) is 48.1 Å². The van der Waals surface area contributed by atoms with Crippen molar-refractivity contribution in [3.63, 3.8) is 0 Å². The third-order valence-electron chi connectivity index (χ3n) is 7.12. The largest absolute Gasteiger partial charge is 0.494 e. The fraction of sp³-hybridized carbons (Fsp3) is 0.655. The molecule has 1 aliphatic carbocycles. The molecule has 1 saturated carbocycles. The first-order chi connectivity index (χ1) is 15.8. The number of unbranched alkanes of at least 4 members (excludes halogenated alkanes) is 5. The molecule has 176 valence electrons. The lowest BCUT2D eigenvalue weighted by Gasteiger charge is -2.28. The number of ether oxygens (including phenoxy) is 1. The minimum Gasteiger partial charge on any atom is -0.494 e. The molecule has 3 heteroatoms. The Hall–Kier alpha value is -1.90. The number of hydrogen-bond donors (Lipinski definition) is 0. The molecule has 3 nitrogen and oxygen atoms in total. The van der Waals surface area contributed by atoms with E-state index in [4.69, 9.17) is 4.74 Å². The van der Waals surface area contributed by atoms with Crippen molar-refractivity contribution < 1.29 is 4.74 Å². The molecule has 1 heterocycles. The van der Waals surface area contributed by atoms with E-state index in [1.54, 1.807) is 0 Å². The molecule has 0 radical (unpaired) electrons. The van der Waals surface area contributed by atoms with E-state index in [0.29, 0.717) is 0 Å². The molecule has 0 unspecified atom stereocenters. The summed E-state index contributed by atoms with van der Waals surface area (Å²) in [5.41, 5.74) is 2.23. The Morgan fingerprint density at radius 1 is 0.719 bits per heavy atom. The summed E-state index contributed by atoms with van der Waals surface area (Å²) in [5.74, 6) is 3.80. The summed E-state index contributed by atoms with van der Waals surface area (Å²) >= 11 is 0. The Morgan fingerprint density at radius 3 is 2.00 bits per heavy atom. The van der Waals surface area contributed by atoms with Gasteiger partial charge < -0.3 is 4.74 Å². The number of aryl methyl sites for hydroxylation is 1. The van der Waals surface area contributed by atoms with E-state index < -0.39 is 0 Å². The van der Waals surface area contributed by atoms with Crippen LogP contribution in [0.25, 0.3) is 11.1 Å². The van der Waals surface area contributed by atoms with E-state index >= 15 is 0 Å². The number of hydrogen-bond acceptors (Lipinski definition) is 3. The van der Waals surface area contributed by atoms with Crippen LogP contribution in [0.15, 0.2) is 36.7 Å². The second-order valence-corrected chi connectivity index (χ2v) is 9.74. The van der Waals surface area contributed by atoms with Crippen LogP contribution >= 0.6 is 0 Å². The monoisotopic (exact) mass is 436 g/mol. The minimum atomic E-state index is 0.807. The molecule has 32 heavy (non-hydrogen) atoms. The molecule has 0 aliphatic heterocycles. The van der Waals surface area contributed by atoms with Gasteiger partial charge in [-0.15, -0.1) is 0 Å². The maximum atomic E-state index is 5.88. The van der Waals surface area contributed by atoms with Gasteiger partial charge in [0.25, 0.3) is 0 Å². The molecule has 1 aromatic carbocycles. The quantitative estimate of drug-likeness (QED) is 0.279. The van der Waals surface area contributed by atoms with Crippen molar-refractivity contribution in [1.82, 2.24) is 9.97 Å². The van der Waals surface area contributed by atoms with E-state index in [0.717, 1.165) is 54.0 Å². The Bertz CT molecular complexity index is 733. The lowest BCUT2D eigenvalue weighted by molar-refractivity contribution is 0.249. The number of benzene rings is 1. The van der Waals surface area contributed by atoms with Crippen molar-refractivity contribution in [3.8, 4) is 16.9 Å². The first kappa shape index (κ1) is 24.7. The third-order valence-corrected chi connectivity index (χ3v) is 7.12. The first-order valence-corrected chi connectivity index (χ1v) is 13.3. The van der Waals surface area contributed by atoms with Crippen molar-refractivity contribution in [2.45, 2.75) is 104 Å². The van der Waals surface area contributed by atoms with Crippen LogP contribution in [-0.4, -0.2) is 16.6 Å². The van der Waals surface area contributed by atoms with Gasteiger partial charge in [0.2, 0.25) is 0 Å². The molecule has 1 fully saturated rings. The summed E-state index contributed by atoms with van der Waals surface area (Å²) in [6, 6.07) is 8.35. The predicted octanol–water partition coefficient (Wildman–Crippen LogP) is 8.42. The lowest BCUT2D eigenvalue weighted by Crippen LogP contribution is -2.15. The second kappa shape index (κ2) is 14.3. The van der Waals surface area contributed by atoms with Crippen molar-refractivity contribution in [3.05, 3.63) is 42.5 Å². The molecule has 1 aliphatic rings. The fourth-order valence-corrected chi connectivity index (χ4v) is 4.91. The highest BCUT2D eigenvalue weighted by atomic mass is 16.5. The highest BCUT2D eigenvalue weighted by molar-refractivity contribution is 5.62. The van der Waals surface area contributed by atoms with Gasteiger partial charge in [0.15, 0.2) is 0 Å². The van der Waals surface area contributed by atoms with Gasteiger partial charge in [-0.1, -0.05) is 96.6 Å². The molecule has 3 rings (SSSR count). The second-order valence-electron chi connectivity index (χ2n) is 9.74.